The first kappa shape index (κ1) is 30.9. The van der Waals surface area contributed by atoms with E-state index in [-0.39, 0.29) is 37.3 Å². The van der Waals surface area contributed by atoms with Gasteiger partial charge in [0.1, 0.15) is 10.7 Å². The summed E-state index contributed by atoms with van der Waals surface area (Å²) in [5.41, 5.74) is 5.55. The molecule has 0 atom stereocenters. The molecule has 2 aliphatic heterocycles. The number of halogens is 2. The van der Waals surface area contributed by atoms with E-state index in [1.165, 1.54) is 15.8 Å². The molecular weight excluding hydrogens is 583 g/mol. The summed E-state index contributed by atoms with van der Waals surface area (Å²) in [7, 11) is 0. The third kappa shape index (κ3) is 6.57. The number of hydrogen-bond donors (Lipinski definition) is 1. The minimum absolute atomic E-state index is 0. The highest BCUT2D eigenvalue weighted by Crippen LogP contribution is 2.33. The number of rotatable bonds is 7. The van der Waals surface area contributed by atoms with Crippen LogP contribution in [0.1, 0.15) is 21.8 Å². The van der Waals surface area contributed by atoms with E-state index in [1.54, 1.807) is 11.3 Å². The number of carboxylic acid groups (broad SMARTS) is 1. The predicted octanol–water partition coefficient (Wildman–Crippen LogP) is 3.95. The number of aliphatic carboxylic acids is 1. The van der Waals surface area contributed by atoms with Crippen molar-refractivity contribution in [1.29, 1.82) is 0 Å². The van der Waals surface area contributed by atoms with Crippen molar-refractivity contribution in [2.24, 2.45) is 0 Å². The summed E-state index contributed by atoms with van der Waals surface area (Å²) in [5.74, 6) is -0.684. The van der Waals surface area contributed by atoms with Crippen LogP contribution in [0.4, 0.5) is 0 Å². The van der Waals surface area contributed by atoms with Gasteiger partial charge in [0.2, 0.25) is 5.91 Å². The lowest BCUT2D eigenvalue weighted by Gasteiger charge is -2.35. The zero-order valence-electron chi connectivity index (χ0n) is 22.9. The Balaban J connectivity index is 0.00000194. The van der Waals surface area contributed by atoms with Gasteiger partial charge in [0.25, 0.3) is 0 Å². The van der Waals surface area contributed by atoms with Gasteiger partial charge in [-0.05, 0) is 31.0 Å². The van der Waals surface area contributed by atoms with Crippen LogP contribution in [0.3, 0.4) is 0 Å². The number of piperazine rings is 1. The minimum atomic E-state index is -0.807. The molecule has 1 aromatic carbocycles. The molecule has 1 saturated heterocycles. The first-order valence-electron chi connectivity index (χ1n) is 13.4. The number of carbonyl (C=O) groups excluding carboxylic acids is 1. The fourth-order valence-corrected chi connectivity index (χ4v) is 6.71. The second kappa shape index (κ2) is 13.3. The molecule has 2 aliphatic rings. The van der Waals surface area contributed by atoms with Crippen LogP contribution >= 0.6 is 36.2 Å². The summed E-state index contributed by atoms with van der Waals surface area (Å²) in [6.07, 6.45) is 2.64. The van der Waals surface area contributed by atoms with Gasteiger partial charge in [-0.1, -0.05) is 30.3 Å². The Kier molecular flexibility index (Phi) is 10.0. The molecule has 1 N–H and O–H groups in total. The van der Waals surface area contributed by atoms with Crippen LogP contribution in [0, 0.1) is 6.92 Å². The van der Waals surface area contributed by atoms with E-state index < -0.39 is 5.97 Å². The molecule has 41 heavy (non-hydrogen) atoms. The lowest BCUT2D eigenvalue weighted by Crippen LogP contribution is -2.51. The molecule has 12 heteroatoms. The van der Waals surface area contributed by atoms with Crippen LogP contribution in [-0.2, 0) is 29.1 Å². The van der Waals surface area contributed by atoms with Crippen molar-refractivity contribution in [1.82, 2.24) is 29.2 Å². The number of fused-ring (bicyclic) bond motifs is 3. The Morgan fingerprint density at radius 1 is 0.951 bits per heavy atom. The van der Waals surface area contributed by atoms with Gasteiger partial charge in [-0.3, -0.25) is 19.4 Å². The van der Waals surface area contributed by atoms with E-state index in [9.17, 15) is 9.59 Å². The van der Waals surface area contributed by atoms with Crippen molar-refractivity contribution >= 4 is 59.1 Å². The molecule has 3 aromatic heterocycles. The monoisotopic (exact) mass is 616 g/mol. The number of thiazole rings is 1. The summed E-state index contributed by atoms with van der Waals surface area (Å²) in [4.78, 5) is 41.2. The molecule has 0 bridgehead atoms. The van der Waals surface area contributed by atoms with E-state index in [2.05, 4.69) is 34.6 Å². The molecule has 5 heterocycles. The fraction of sp³-hybridized carbons (Fsp3) is 0.379. The van der Waals surface area contributed by atoms with Crippen molar-refractivity contribution < 1.29 is 14.7 Å². The number of amides is 1. The van der Waals surface area contributed by atoms with E-state index >= 15 is 0 Å². The number of carboxylic acids is 1. The number of aromatic nitrogens is 3. The maximum absolute atomic E-state index is 13.4. The van der Waals surface area contributed by atoms with Gasteiger partial charge < -0.3 is 14.6 Å². The Hall–Kier alpha value is -3.02. The molecular formula is C29H34Cl2N6O3S. The molecule has 0 aliphatic carbocycles. The van der Waals surface area contributed by atoms with Crippen molar-refractivity contribution in [3.63, 3.8) is 0 Å². The van der Waals surface area contributed by atoms with Gasteiger partial charge >= 0.3 is 5.97 Å². The Labute approximate surface area is 255 Å². The summed E-state index contributed by atoms with van der Waals surface area (Å²) in [5, 5.41) is 11.2. The number of carbonyl (C=O) groups is 2. The first-order valence-corrected chi connectivity index (χ1v) is 14.2. The number of nitrogens with zero attached hydrogens (tertiary/aromatic N) is 6. The average Bonchev–Trinajstić information content (AvgIpc) is 3.47. The van der Waals surface area contributed by atoms with Gasteiger partial charge in [0, 0.05) is 60.4 Å². The lowest BCUT2D eigenvalue weighted by molar-refractivity contribution is -0.139. The average molecular weight is 618 g/mol. The summed E-state index contributed by atoms with van der Waals surface area (Å²) >= 11 is 1.72. The number of pyridine rings is 1. The Morgan fingerprint density at radius 2 is 1.66 bits per heavy atom. The highest BCUT2D eigenvalue weighted by Gasteiger charge is 2.29. The third-order valence-corrected chi connectivity index (χ3v) is 8.96. The summed E-state index contributed by atoms with van der Waals surface area (Å²) < 4.78 is 2.28. The van der Waals surface area contributed by atoms with E-state index in [0.717, 1.165) is 34.0 Å². The number of benzene rings is 1. The van der Waals surface area contributed by atoms with Gasteiger partial charge in [-0.15, -0.1) is 36.2 Å². The quantitative estimate of drug-likeness (QED) is 0.336. The molecule has 6 rings (SSSR count). The van der Waals surface area contributed by atoms with Gasteiger partial charge in [-0.2, -0.15) is 0 Å². The maximum atomic E-state index is 13.4. The molecule has 218 valence electrons. The Morgan fingerprint density at radius 3 is 2.37 bits per heavy atom. The standard InChI is InChI=1S/C29H32N6O3S.2ClH/c1-20-25(39-29(31-20)21-6-3-2-4-7-21)17-35-24-16-34(11-9-22(24)23-8-5-10-30-28(23)35)26(36)18-32-12-14-33(15-13-32)19-27(37)38;;/h2-8,10H,9,11-19H2,1H3,(H,37,38);2*1H. The van der Waals surface area contributed by atoms with E-state index in [4.69, 9.17) is 15.1 Å². The van der Waals surface area contributed by atoms with E-state index in [1.807, 2.05) is 40.3 Å². The summed E-state index contributed by atoms with van der Waals surface area (Å²) in [6, 6.07) is 14.4. The maximum Gasteiger partial charge on any atom is 0.317 e. The zero-order valence-corrected chi connectivity index (χ0v) is 25.3. The molecule has 4 aromatic rings. The zero-order chi connectivity index (χ0) is 26.9. The number of aryl methyl sites for hydroxylation is 1. The fourth-order valence-electron chi connectivity index (χ4n) is 5.65. The van der Waals surface area contributed by atoms with Crippen LogP contribution in [-0.4, -0.2) is 92.0 Å². The van der Waals surface area contributed by atoms with Crippen LogP contribution in [0.2, 0.25) is 0 Å². The van der Waals surface area contributed by atoms with Crippen LogP contribution in [0.15, 0.2) is 48.7 Å². The van der Waals surface area contributed by atoms with Crippen molar-refractivity contribution in [3.8, 4) is 10.6 Å². The normalized spacial score (nSPS) is 15.7. The molecule has 0 spiro atoms. The van der Waals surface area contributed by atoms with Gasteiger partial charge in [0.15, 0.2) is 0 Å². The molecule has 1 fully saturated rings. The SMILES string of the molecule is Cc1nc(-c2ccccc2)sc1Cn1c2c(c3cccnc31)CCN(C(=O)CN1CCN(CC(=O)O)CC1)C2.Cl.Cl. The number of hydrogen-bond acceptors (Lipinski definition) is 7. The highest BCUT2D eigenvalue weighted by atomic mass is 35.5. The second-order valence-electron chi connectivity index (χ2n) is 10.3. The molecule has 9 nitrogen and oxygen atoms in total. The molecule has 0 radical (unpaired) electrons. The van der Waals surface area contributed by atoms with Crippen LogP contribution in [0.5, 0.6) is 0 Å². The van der Waals surface area contributed by atoms with Crippen molar-refractivity contribution in [3.05, 3.63) is 70.5 Å². The second-order valence-corrected chi connectivity index (χ2v) is 11.4. The highest BCUT2D eigenvalue weighted by molar-refractivity contribution is 7.15. The third-order valence-electron chi connectivity index (χ3n) is 7.76. The van der Waals surface area contributed by atoms with E-state index in [0.29, 0.717) is 52.4 Å². The topological polar surface area (TPSA) is 94.8 Å². The van der Waals surface area contributed by atoms with Crippen molar-refractivity contribution in [2.45, 2.75) is 26.4 Å². The lowest BCUT2D eigenvalue weighted by atomic mass is 10.0. The summed E-state index contributed by atoms with van der Waals surface area (Å²) in [6.45, 7) is 7.16. The predicted molar refractivity (Wildman–Crippen MR) is 165 cm³/mol. The van der Waals surface area contributed by atoms with Crippen LogP contribution < -0.4 is 0 Å². The van der Waals surface area contributed by atoms with Crippen molar-refractivity contribution in [2.75, 3.05) is 45.8 Å². The largest absolute Gasteiger partial charge is 0.480 e. The Bertz CT molecular complexity index is 1520. The molecule has 1 amide bonds. The van der Waals surface area contributed by atoms with Gasteiger partial charge in [-0.25, -0.2) is 9.97 Å². The van der Waals surface area contributed by atoms with Gasteiger partial charge in [0.05, 0.1) is 31.9 Å². The smallest absolute Gasteiger partial charge is 0.317 e. The first-order chi connectivity index (χ1) is 19.0. The molecule has 0 unspecified atom stereocenters. The minimum Gasteiger partial charge on any atom is -0.480 e. The molecule has 0 saturated carbocycles. The van der Waals surface area contributed by atoms with Crippen LogP contribution in [0.25, 0.3) is 21.6 Å².